The lowest BCUT2D eigenvalue weighted by atomic mass is 10.3. The second-order valence-corrected chi connectivity index (χ2v) is 5.95. The summed E-state index contributed by atoms with van der Waals surface area (Å²) in [5.74, 6) is 8.94. The smallest absolute Gasteiger partial charge is 0.243 e. The van der Waals surface area contributed by atoms with Crippen molar-refractivity contribution in [2.75, 3.05) is 41.9 Å². The second-order valence-electron chi connectivity index (χ2n) is 5.95. The summed E-state index contributed by atoms with van der Waals surface area (Å²) in [7, 11) is 2.04. The number of nitrogens with two attached hydrogens (primary N) is 1. The molecule has 2 fully saturated rings. The molecule has 2 heterocycles. The number of hydrogen-bond donors (Lipinski definition) is 2. The van der Waals surface area contributed by atoms with E-state index in [0.29, 0.717) is 11.9 Å². The Morgan fingerprint density at radius 3 is 2.60 bits per heavy atom. The maximum absolute atomic E-state index is 5.48. The number of hydrogen-bond acceptors (Lipinski definition) is 7. The summed E-state index contributed by atoms with van der Waals surface area (Å²) < 4.78 is 0. The van der Waals surface area contributed by atoms with Gasteiger partial charge in [0.15, 0.2) is 0 Å². The number of nitrogens with one attached hydrogen (secondary N) is 1. The number of aromatic nitrogens is 3. The Hall–Kier alpha value is -1.63. The maximum Gasteiger partial charge on any atom is 0.243 e. The van der Waals surface area contributed by atoms with Gasteiger partial charge in [0.2, 0.25) is 17.8 Å². The van der Waals surface area contributed by atoms with Crippen LogP contribution in [0.4, 0.5) is 17.8 Å². The van der Waals surface area contributed by atoms with E-state index in [0.717, 1.165) is 37.4 Å². The van der Waals surface area contributed by atoms with Crippen LogP contribution in [0.3, 0.4) is 0 Å². The zero-order chi connectivity index (χ0) is 14.1. The minimum atomic E-state index is 0.438. The van der Waals surface area contributed by atoms with E-state index in [9.17, 15) is 0 Å². The molecule has 1 saturated carbocycles. The molecule has 0 amide bonds. The highest BCUT2D eigenvalue weighted by atomic mass is 15.4. The van der Waals surface area contributed by atoms with Crippen LogP contribution in [0.15, 0.2) is 0 Å². The third-order valence-corrected chi connectivity index (χ3v) is 4.26. The first kappa shape index (κ1) is 13.4. The summed E-state index contributed by atoms with van der Waals surface area (Å²) >= 11 is 0. The van der Waals surface area contributed by atoms with Crippen molar-refractivity contribution in [2.24, 2.45) is 17.7 Å². The first-order chi connectivity index (χ1) is 9.67. The summed E-state index contributed by atoms with van der Waals surface area (Å²) in [6.45, 7) is 5.30. The Kier molecular flexibility index (Phi) is 3.60. The third-order valence-electron chi connectivity index (χ3n) is 4.26. The van der Waals surface area contributed by atoms with E-state index < -0.39 is 0 Å². The number of anilines is 3. The molecule has 2 unspecified atom stereocenters. The molecular formula is C13H23N7. The predicted molar refractivity (Wildman–Crippen MR) is 79.6 cm³/mol. The average Bonchev–Trinajstić information content (AvgIpc) is 2.96. The second kappa shape index (κ2) is 5.40. The van der Waals surface area contributed by atoms with Crippen LogP contribution in [0.1, 0.15) is 26.2 Å². The Balaban J connectivity index is 1.79. The van der Waals surface area contributed by atoms with E-state index in [-0.39, 0.29) is 0 Å². The van der Waals surface area contributed by atoms with Crippen molar-refractivity contribution in [1.82, 2.24) is 15.0 Å². The van der Waals surface area contributed by atoms with E-state index >= 15 is 0 Å². The topological polar surface area (TPSA) is 83.2 Å². The van der Waals surface area contributed by atoms with Gasteiger partial charge in [-0.05, 0) is 31.1 Å². The van der Waals surface area contributed by atoms with Gasteiger partial charge in [-0.15, -0.1) is 0 Å². The van der Waals surface area contributed by atoms with Gasteiger partial charge in [0.25, 0.3) is 0 Å². The summed E-state index contributed by atoms with van der Waals surface area (Å²) in [6.07, 6.45) is 3.69. The zero-order valence-electron chi connectivity index (χ0n) is 12.2. The molecule has 3 N–H and O–H groups in total. The van der Waals surface area contributed by atoms with Crippen molar-refractivity contribution in [1.29, 1.82) is 0 Å². The lowest BCUT2D eigenvalue weighted by molar-refractivity contribution is 0.708. The van der Waals surface area contributed by atoms with Crippen molar-refractivity contribution in [2.45, 2.75) is 26.2 Å². The number of hydrazine groups is 1. The molecule has 1 aromatic heterocycles. The molecule has 7 heteroatoms. The van der Waals surface area contributed by atoms with Gasteiger partial charge >= 0.3 is 0 Å². The molecule has 0 bridgehead atoms. The van der Waals surface area contributed by atoms with Gasteiger partial charge in [0.05, 0.1) is 0 Å². The zero-order valence-corrected chi connectivity index (χ0v) is 12.2. The number of nitrogens with zero attached hydrogens (tertiary/aromatic N) is 5. The SMILES string of the molecule is CC1CC1CN(C)c1nc(NN)nc(N2CCCC2)n1. The number of rotatable bonds is 5. The quantitative estimate of drug-likeness (QED) is 0.609. The standard InChI is InChI=1S/C13H23N7/c1-9-7-10(9)8-19(2)12-15-11(18-14)16-13(17-12)20-5-3-4-6-20/h9-10H,3-8,14H2,1-2H3,(H,15,16,17,18). The van der Waals surface area contributed by atoms with Crippen molar-refractivity contribution in [3.63, 3.8) is 0 Å². The summed E-state index contributed by atoms with van der Waals surface area (Å²) in [5, 5.41) is 0. The van der Waals surface area contributed by atoms with Crippen molar-refractivity contribution >= 4 is 17.8 Å². The van der Waals surface area contributed by atoms with Gasteiger partial charge < -0.3 is 9.80 Å². The Morgan fingerprint density at radius 1 is 1.30 bits per heavy atom. The molecule has 110 valence electrons. The lowest BCUT2D eigenvalue weighted by Crippen LogP contribution is -2.27. The van der Waals surface area contributed by atoms with E-state index in [2.05, 4.69) is 37.1 Å². The first-order valence-corrected chi connectivity index (χ1v) is 7.36. The highest BCUT2D eigenvalue weighted by molar-refractivity contribution is 5.45. The van der Waals surface area contributed by atoms with Gasteiger partial charge in [0.1, 0.15) is 0 Å². The molecule has 0 spiro atoms. The number of nitrogen functional groups attached to an aromatic ring is 1. The van der Waals surface area contributed by atoms with Crippen molar-refractivity contribution < 1.29 is 0 Å². The minimum Gasteiger partial charge on any atom is -0.343 e. The molecule has 7 nitrogen and oxygen atoms in total. The van der Waals surface area contributed by atoms with E-state index in [1.54, 1.807) is 0 Å². The van der Waals surface area contributed by atoms with Crippen molar-refractivity contribution in [3.8, 4) is 0 Å². The van der Waals surface area contributed by atoms with E-state index in [1.165, 1.54) is 19.3 Å². The fraction of sp³-hybridized carbons (Fsp3) is 0.769. The Morgan fingerprint density at radius 2 is 2.00 bits per heavy atom. The minimum absolute atomic E-state index is 0.438. The van der Waals surface area contributed by atoms with Crippen LogP contribution >= 0.6 is 0 Å². The first-order valence-electron chi connectivity index (χ1n) is 7.36. The van der Waals surface area contributed by atoms with Crippen LogP contribution in [0, 0.1) is 11.8 Å². The molecular weight excluding hydrogens is 254 g/mol. The van der Waals surface area contributed by atoms with Gasteiger partial charge in [-0.3, -0.25) is 5.43 Å². The largest absolute Gasteiger partial charge is 0.343 e. The summed E-state index contributed by atoms with van der Waals surface area (Å²) in [4.78, 5) is 17.6. The lowest BCUT2D eigenvalue weighted by Gasteiger charge is -2.21. The summed E-state index contributed by atoms with van der Waals surface area (Å²) in [5.41, 5.74) is 2.55. The van der Waals surface area contributed by atoms with Crippen LogP contribution in [-0.4, -0.2) is 41.6 Å². The highest BCUT2D eigenvalue weighted by Crippen LogP contribution is 2.38. The van der Waals surface area contributed by atoms with Gasteiger partial charge in [0, 0.05) is 26.7 Å². The molecule has 0 aromatic carbocycles. The predicted octanol–water partition coefficient (Wildman–Crippen LogP) is 0.850. The van der Waals surface area contributed by atoms with Gasteiger partial charge in [-0.1, -0.05) is 6.92 Å². The summed E-state index contributed by atoms with van der Waals surface area (Å²) in [6, 6.07) is 0. The Labute approximate surface area is 119 Å². The molecule has 20 heavy (non-hydrogen) atoms. The normalized spacial score (nSPS) is 24.9. The Bertz CT molecular complexity index is 472. The monoisotopic (exact) mass is 277 g/mol. The van der Waals surface area contributed by atoms with Gasteiger partial charge in [-0.2, -0.15) is 15.0 Å². The van der Waals surface area contributed by atoms with Crippen LogP contribution in [0.5, 0.6) is 0 Å². The highest BCUT2D eigenvalue weighted by Gasteiger charge is 2.34. The molecule has 1 saturated heterocycles. The molecule has 0 radical (unpaired) electrons. The molecule has 3 rings (SSSR count). The fourth-order valence-electron chi connectivity index (χ4n) is 2.73. The van der Waals surface area contributed by atoms with Gasteiger partial charge in [-0.25, -0.2) is 5.84 Å². The molecule has 1 aliphatic carbocycles. The van der Waals surface area contributed by atoms with E-state index in [4.69, 9.17) is 5.84 Å². The maximum atomic E-state index is 5.48. The molecule has 1 aliphatic heterocycles. The molecule has 1 aromatic rings. The van der Waals surface area contributed by atoms with Crippen LogP contribution in [0.25, 0.3) is 0 Å². The molecule has 2 aliphatic rings. The van der Waals surface area contributed by atoms with Crippen molar-refractivity contribution in [3.05, 3.63) is 0 Å². The van der Waals surface area contributed by atoms with Crippen LogP contribution in [-0.2, 0) is 0 Å². The fourth-order valence-corrected chi connectivity index (χ4v) is 2.73. The van der Waals surface area contributed by atoms with Crippen LogP contribution < -0.4 is 21.1 Å². The third kappa shape index (κ3) is 2.77. The van der Waals surface area contributed by atoms with E-state index in [1.807, 2.05) is 7.05 Å². The average molecular weight is 277 g/mol. The molecule has 2 atom stereocenters. The van der Waals surface area contributed by atoms with Crippen LogP contribution in [0.2, 0.25) is 0 Å².